The van der Waals surface area contributed by atoms with E-state index in [0.717, 1.165) is 24.8 Å². The van der Waals surface area contributed by atoms with E-state index in [0.29, 0.717) is 6.42 Å². The zero-order valence-electron chi connectivity index (χ0n) is 17.1. The van der Waals surface area contributed by atoms with E-state index in [1.807, 2.05) is 24.4 Å². The number of rotatable bonds is 4. The van der Waals surface area contributed by atoms with Gasteiger partial charge in [0.25, 0.3) is 5.09 Å². The monoisotopic (exact) mass is 639 g/mol. The summed E-state index contributed by atoms with van der Waals surface area (Å²) in [4.78, 5) is 22.6. The summed E-state index contributed by atoms with van der Waals surface area (Å²) in [5.41, 5.74) is 1.06. The Hall–Kier alpha value is -2.36. The number of nitrogens with zero attached hydrogens (tertiary/aromatic N) is 2. The number of pyridine rings is 1. The number of hydrogen-bond donors (Lipinski definition) is 4. The van der Waals surface area contributed by atoms with Gasteiger partial charge in [0.1, 0.15) is 0 Å². The van der Waals surface area contributed by atoms with E-state index in [-0.39, 0.29) is 51.2 Å². The van der Waals surface area contributed by atoms with E-state index >= 15 is 0 Å². The van der Waals surface area contributed by atoms with E-state index in [2.05, 4.69) is 42.2 Å². The molecule has 31 heavy (non-hydrogen) atoms. The quantitative estimate of drug-likeness (QED) is 0.142. The molecule has 0 aliphatic heterocycles. The van der Waals surface area contributed by atoms with Gasteiger partial charge in [0.05, 0.1) is 5.52 Å². The van der Waals surface area contributed by atoms with Crippen LogP contribution in [0, 0.1) is 10.1 Å². The third kappa shape index (κ3) is 16.1. The van der Waals surface area contributed by atoms with Crippen molar-refractivity contribution in [1.29, 1.82) is 0 Å². The molecular weight excluding hydrogens is 611 g/mol. The van der Waals surface area contributed by atoms with Crippen LogP contribution in [-0.4, -0.2) is 31.8 Å². The summed E-state index contributed by atoms with van der Waals surface area (Å²) in [6.07, 6.45) is 5.21. The molecule has 0 saturated heterocycles. The first-order valence-electron chi connectivity index (χ1n) is 8.23. The summed E-state index contributed by atoms with van der Waals surface area (Å²) in [5, 5.41) is 25.5. The van der Waals surface area contributed by atoms with Crippen LogP contribution in [0.2, 0.25) is 0 Å². The second-order valence-corrected chi connectivity index (χ2v) is 5.45. The zero-order chi connectivity index (χ0) is 19.4. The average Bonchev–Trinajstić information content (AvgIpc) is 2.62. The summed E-state index contributed by atoms with van der Waals surface area (Å²) in [6.45, 7) is 2.06. The number of aromatic nitrogens is 1. The summed E-state index contributed by atoms with van der Waals surface area (Å²) >= 11 is 0. The second kappa shape index (κ2) is 22.3. The number of carbonyl (C=O) groups is 1. The van der Waals surface area contributed by atoms with Gasteiger partial charge >= 0.3 is 27.0 Å². The van der Waals surface area contributed by atoms with Gasteiger partial charge in [0.2, 0.25) is 0 Å². The molecule has 0 atom stereocenters. The molecule has 1 heterocycles. The molecule has 12 heteroatoms. The summed E-state index contributed by atoms with van der Waals surface area (Å²) in [5.74, 6) is -0.682. The van der Waals surface area contributed by atoms with E-state index in [9.17, 15) is 4.79 Å². The minimum absolute atomic E-state index is 0. The van der Waals surface area contributed by atoms with Crippen LogP contribution in [0.4, 0.5) is 0 Å². The minimum atomic E-state index is -1.50. The van der Waals surface area contributed by atoms with Crippen molar-refractivity contribution in [2.24, 2.45) is 0 Å². The summed E-state index contributed by atoms with van der Waals surface area (Å²) in [6, 6.07) is 16.6. The molecule has 0 fully saturated rings. The first-order valence-corrected chi connectivity index (χ1v) is 8.23. The van der Waals surface area contributed by atoms with Crippen LogP contribution >= 0.6 is 0 Å². The van der Waals surface area contributed by atoms with E-state index in [1.165, 1.54) is 16.2 Å². The molecular formula is C19H29ClN4O6Pt+2. The van der Waals surface area contributed by atoms with Crippen molar-refractivity contribution in [1.82, 2.24) is 17.3 Å². The maximum atomic E-state index is 9.87. The van der Waals surface area contributed by atoms with Crippen molar-refractivity contribution in [3.63, 3.8) is 0 Å². The van der Waals surface area contributed by atoms with Gasteiger partial charge in [0.15, 0.2) is 0 Å². The number of para-hydroxylation sites is 1. The number of carboxylic acid groups (broad SMARTS) is 1. The molecule has 3 rings (SSSR count). The molecule has 0 saturated carbocycles. The topological polar surface area (TPSA) is 214 Å². The third-order valence-electron chi connectivity index (χ3n) is 3.49. The van der Waals surface area contributed by atoms with E-state index < -0.39 is 11.1 Å². The number of carboxylic acids is 1. The molecule has 0 aliphatic rings. The van der Waals surface area contributed by atoms with Crippen LogP contribution in [0.1, 0.15) is 32.6 Å². The maximum absolute atomic E-state index is 9.87. The van der Waals surface area contributed by atoms with Crippen LogP contribution in [-0.2, 0) is 25.9 Å². The van der Waals surface area contributed by atoms with Crippen molar-refractivity contribution >= 4 is 27.6 Å². The third-order valence-corrected chi connectivity index (χ3v) is 3.49. The van der Waals surface area contributed by atoms with Gasteiger partial charge in [0, 0.05) is 23.4 Å². The van der Waals surface area contributed by atoms with Gasteiger partial charge in [-0.05, 0) is 17.9 Å². The molecule has 0 amide bonds. The maximum Gasteiger partial charge on any atom is 4.00 e. The van der Waals surface area contributed by atoms with Gasteiger partial charge in [-0.3, -0.25) is 9.78 Å². The van der Waals surface area contributed by atoms with Crippen molar-refractivity contribution < 1.29 is 59.1 Å². The first-order chi connectivity index (χ1) is 12.5. The normalized spacial score (nSPS) is 8.03. The SMILES string of the molecule is CCCCCC(=O)O.N.N.O=[N+]([O-])O.[Cl-].[OH-].[Pt+4].c1ccc2c(c1)cnc1ccccc12. The number of halogens is 1. The Kier molecular flexibility index (Phi) is 28.2. The molecule has 3 aromatic rings. The van der Waals surface area contributed by atoms with Crippen molar-refractivity contribution in [3.8, 4) is 0 Å². The Balaban J connectivity index is -0.000000118. The van der Waals surface area contributed by atoms with Gasteiger partial charge in [-0.15, -0.1) is 10.1 Å². The van der Waals surface area contributed by atoms with Crippen molar-refractivity contribution in [2.45, 2.75) is 32.6 Å². The Morgan fingerprint density at radius 2 is 1.52 bits per heavy atom. The van der Waals surface area contributed by atoms with Gasteiger partial charge in [-0.25, -0.2) is 0 Å². The van der Waals surface area contributed by atoms with Crippen molar-refractivity contribution in [2.75, 3.05) is 0 Å². The summed E-state index contributed by atoms with van der Waals surface area (Å²) < 4.78 is 0. The number of aliphatic carboxylic acids is 1. The molecule has 10 nitrogen and oxygen atoms in total. The smallest absolute Gasteiger partial charge is 1.00 e. The van der Waals surface area contributed by atoms with Gasteiger partial charge in [-0.1, -0.05) is 62.2 Å². The van der Waals surface area contributed by atoms with Crippen molar-refractivity contribution in [3.05, 3.63) is 64.8 Å². The van der Waals surface area contributed by atoms with E-state index in [4.69, 9.17) is 20.4 Å². The standard InChI is InChI=1S/C13H9N.C6H12O2.ClH.HNO3.2H3N.H2O.Pt/c1-2-6-11-10(5-1)9-14-13-8-4-3-7-12(11)13;1-2-3-4-5-6(7)8;;2-1(3)4;;;;/h1-9H;2-5H2,1H3,(H,7,8);1H;(H,2,3,4);2*1H3;1H2;/q;;;;;;;+4/p-2. The van der Waals surface area contributed by atoms with Gasteiger partial charge in [-0.2, -0.15) is 0 Å². The van der Waals surface area contributed by atoms with Crippen LogP contribution in [0.25, 0.3) is 21.7 Å². The molecule has 176 valence electrons. The largest absolute Gasteiger partial charge is 4.00 e. The van der Waals surface area contributed by atoms with Crippen LogP contribution in [0.3, 0.4) is 0 Å². The van der Waals surface area contributed by atoms with Gasteiger partial charge < -0.3 is 40.5 Å². The van der Waals surface area contributed by atoms with Crippen LogP contribution in [0.15, 0.2) is 54.7 Å². The number of fused-ring (bicyclic) bond motifs is 3. The Morgan fingerprint density at radius 1 is 1.03 bits per heavy atom. The molecule has 0 bridgehead atoms. The fourth-order valence-corrected chi connectivity index (χ4v) is 2.33. The fraction of sp³-hybridized carbons (Fsp3) is 0.263. The van der Waals surface area contributed by atoms with Crippen LogP contribution in [0.5, 0.6) is 0 Å². The Bertz CT molecular complexity index is 814. The molecule has 0 spiro atoms. The fourth-order valence-electron chi connectivity index (χ4n) is 2.33. The minimum Gasteiger partial charge on any atom is -1.00 e. The molecule has 0 unspecified atom stereocenters. The molecule has 9 N–H and O–H groups in total. The zero-order valence-corrected chi connectivity index (χ0v) is 20.1. The average molecular weight is 640 g/mol. The second-order valence-electron chi connectivity index (χ2n) is 5.45. The predicted octanol–water partition coefficient (Wildman–Crippen LogP) is 1.84. The van der Waals surface area contributed by atoms with Crippen LogP contribution < -0.4 is 24.7 Å². The number of unbranched alkanes of at least 4 members (excludes halogenated alkanes) is 2. The number of hydrogen-bond acceptors (Lipinski definition) is 7. The Labute approximate surface area is 201 Å². The molecule has 0 radical (unpaired) electrons. The molecule has 1 aromatic heterocycles. The molecule has 0 aliphatic carbocycles. The molecule has 2 aromatic carbocycles. The first kappa shape index (κ1) is 39.2. The number of benzene rings is 2. The Morgan fingerprint density at radius 3 is 2.03 bits per heavy atom. The van der Waals surface area contributed by atoms with E-state index in [1.54, 1.807) is 0 Å². The summed E-state index contributed by atoms with van der Waals surface area (Å²) in [7, 11) is 0. The predicted molar refractivity (Wildman–Crippen MR) is 112 cm³/mol.